The Morgan fingerprint density at radius 3 is 2.30 bits per heavy atom. The molecule has 3 rings (SSSR count). The first kappa shape index (κ1) is 22.7. The lowest BCUT2D eigenvalue weighted by Crippen LogP contribution is -2.32. The molecule has 0 saturated heterocycles. The molecule has 0 spiro atoms. The molecule has 1 aliphatic heterocycles. The van der Waals surface area contributed by atoms with Crippen molar-refractivity contribution in [2.75, 3.05) is 0 Å². The molecule has 1 heterocycles. The average Bonchev–Trinajstić information content (AvgIpc) is 3.10. The second-order valence-electron chi connectivity index (χ2n) is 9.13. The molecule has 4 atom stereocenters. The fraction of sp³-hybridized carbons (Fsp3) is 0.571. The molecular formula is C28H39NO. The number of aliphatic imine (C=N–C) groups is 1. The number of unbranched alkanes of at least 4 members (excludes halogenated alkanes) is 1. The van der Waals surface area contributed by atoms with Gasteiger partial charge in [-0.05, 0) is 37.2 Å². The van der Waals surface area contributed by atoms with Crippen LogP contribution in [0.25, 0.3) is 0 Å². The zero-order valence-electron chi connectivity index (χ0n) is 19.4. The van der Waals surface area contributed by atoms with E-state index in [1.54, 1.807) is 0 Å². The number of nitrogens with zero attached hydrogens (tertiary/aromatic N) is 1. The largest absolute Gasteiger partial charge is 0.294 e. The summed E-state index contributed by atoms with van der Waals surface area (Å²) in [6, 6.07) is 10.6. The van der Waals surface area contributed by atoms with Gasteiger partial charge in [-0.1, -0.05) is 95.9 Å². The van der Waals surface area contributed by atoms with E-state index in [-0.39, 0.29) is 17.8 Å². The number of hydrogen-bond donors (Lipinski definition) is 0. The van der Waals surface area contributed by atoms with Crippen molar-refractivity contribution < 1.29 is 4.79 Å². The molecule has 162 valence electrons. The van der Waals surface area contributed by atoms with Crippen molar-refractivity contribution in [1.82, 2.24) is 0 Å². The Balaban J connectivity index is 1.99. The SMILES string of the molecule is C=C1C(CC)C(=O)C2=C(N=C(CC(CC)CCCC)C2Cc2ccccc2)C1CC. The second kappa shape index (κ2) is 10.4. The van der Waals surface area contributed by atoms with Gasteiger partial charge in [-0.2, -0.15) is 0 Å². The van der Waals surface area contributed by atoms with Gasteiger partial charge in [0.1, 0.15) is 0 Å². The van der Waals surface area contributed by atoms with Crippen LogP contribution in [-0.4, -0.2) is 11.5 Å². The Bertz CT molecular complexity index is 816. The highest BCUT2D eigenvalue weighted by molar-refractivity contribution is 6.10. The molecule has 2 heteroatoms. The number of rotatable bonds is 10. The number of hydrogen-bond acceptors (Lipinski definition) is 2. The molecule has 4 unspecified atom stereocenters. The summed E-state index contributed by atoms with van der Waals surface area (Å²) in [7, 11) is 0. The summed E-state index contributed by atoms with van der Waals surface area (Å²) in [5.74, 6) is 1.28. The quantitative estimate of drug-likeness (QED) is 0.374. The van der Waals surface area contributed by atoms with Crippen LogP contribution in [0.15, 0.2) is 58.7 Å². The van der Waals surface area contributed by atoms with E-state index < -0.39 is 0 Å². The van der Waals surface area contributed by atoms with E-state index in [1.165, 1.54) is 37.0 Å². The minimum Gasteiger partial charge on any atom is -0.294 e. The molecular weight excluding hydrogens is 366 g/mol. The molecule has 2 aliphatic rings. The van der Waals surface area contributed by atoms with Gasteiger partial charge >= 0.3 is 0 Å². The van der Waals surface area contributed by atoms with E-state index in [0.717, 1.165) is 42.5 Å². The lowest BCUT2D eigenvalue weighted by atomic mass is 9.70. The molecule has 0 saturated carbocycles. The van der Waals surface area contributed by atoms with E-state index in [4.69, 9.17) is 4.99 Å². The van der Waals surface area contributed by atoms with Crippen LogP contribution in [-0.2, 0) is 11.2 Å². The molecule has 30 heavy (non-hydrogen) atoms. The standard InChI is InChI=1S/C28H39NO/c1-6-10-14-20(7-2)18-25-24(17-21-15-12-11-13-16-21)26-27(29-25)22(8-3)19(5)23(9-4)28(26)30/h11-13,15-16,20,22-24H,5-10,14,17-18H2,1-4H3. The minimum atomic E-state index is -0.0383. The van der Waals surface area contributed by atoms with Crippen LogP contribution in [0.5, 0.6) is 0 Å². The average molecular weight is 406 g/mol. The minimum absolute atomic E-state index is 0.0383. The lowest BCUT2D eigenvalue weighted by molar-refractivity contribution is -0.119. The van der Waals surface area contributed by atoms with Crippen LogP contribution in [0.3, 0.4) is 0 Å². The Morgan fingerprint density at radius 1 is 1.00 bits per heavy atom. The van der Waals surface area contributed by atoms with E-state index >= 15 is 0 Å². The maximum Gasteiger partial charge on any atom is 0.168 e. The van der Waals surface area contributed by atoms with Crippen molar-refractivity contribution in [2.24, 2.45) is 28.7 Å². The molecule has 1 aromatic carbocycles. The summed E-state index contributed by atoms with van der Waals surface area (Å²) in [6.07, 6.45) is 8.66. The number of Topliss-reactive ketones (excluding diaryl/α,β-unsaturated/α-hetero) is 1. The van der Waals surface area contributed by atoms with Gasteiger partial charge in [-0.25, -0.2) is 0 Å². The van der Waals surface area contributed by atoms with Gasteiger partial charge in [-0.15, -0.1) is 0 Å². The molecule has 0 N–H and O–H groups in total. The van der Waals surface area contributed by atoms with Crippen LogP contribution < -0.4 is 0 Å². The topological polar surface area (TPSA) is 29.4 Å². The lowest BCUT2D eigenvalue weighted by Gasteiger charge is -2.32. The zero-order valence-corrected chi connectivity index (χ0v) is 19.4. The zero-order chi connectivity index (χ0) is 21.7. The van der Waals surface area contributed by atoms with Gasteiger partial charge < -0.3 is 0 Å². The van der Waals surface area contributed by atoms with Crippen LogP contribution >= 0.6 is 0 Å². The van der Waals surface area contributed by atoms with Gasteiger partial charge in [0, 0.05) is 29.0 Å². The number of carbonyl (C=O) groups excluding carboxylic acids is 1. The van der Waals surface area contributed by atoms with E-state index in [0.29, 0.717) is 11.7 Å². The molecule has 0 bridgehead atoms. The van der Waals surface area contributed by atoms with Crippen LogP contribution in [0.1, 0.15) is 78.2 Å². The Labute approximate surface area is 183 Å². The summed E-state index contributed by atoms with van der Waals surface area (Å²) in [6.45, 7) is 13.2. The van der Waals surface area contributed by atoms with Gasteiger partial charge in [-0.3, -0.25) is 9.79 Å². The molecule has 0 aromatic heterocycles. The van der Waals surface area contributed by atoms with Gasteiger partial charge in [0.05, 0.1) is 5.70 Å². The number of carbonyl (C=O) groups is 1. The molecule has 0 amide bonds. The third-order valence-electron chi connectivity index (χ3n) is 7.24. The molecule has 0 fully saturated rings. The van der Waals surface area contributed by atoms with Crippen molar-refractivity contribution in [3.8, 4) is 0 Å². The Hall–Kier alpha value is -1.96. The highest BCUT2D eigenvalue weighted by Gasteiger charge is 2.44. The molecule has 1 aromatic rings. The van der Waals surface area contributed by atoms with Crippen molar-refractivity contribution in [1.29, 1.82) is 0 Å². The second-order valence-corrected chi connectivity index (χ2v) is 9.13. The maximum atomic E-state index is 13.6. The van der Waals surface area contributed by atoms with Gasteiger partial charge in [0.25, 0.3) is 0 Å². The third-order valence-corrected chi connectivity index (χ3v) is 7.24. The van der Waals surface area contributed by atoms with Gasteiger partial charge in [0.2, 0.25) is 0 Å². The number of ketones is 1. The van der Waals surface area contributed by atoms with Crippen molar-refractivity contribution in [2.45, 2.75) is 79.1 Å². The smallest absolute Gasteiger partial charge is 0.168 e. The summed E-state index contributed by atoms with van der Waals surface area (Å²) in [5.41, 5.74) is 5.71. The molecule has 0 radical (unpaired) electrons. The highest BCUT2D eigenvalue weighted by Crippen LogP contribution is 2.46. The van der Waals surface area contributed by atoms with Crippen molar-refractivity contribution in [3.05, 3.63) is 59.3 Å². The number of benzene rings is 1. The van der Waals surface area contributed by atoms with Crippen LogP contribution in [0.4, 0.5) is 0 Å². The van der Waals surface area contributed by atoms with E-state index in [1.807, 2.05) is 0 Å². The summed E-state index contributed by atoms with van der Waals surface area (Å²) in [4.78, 5) is 18.8. The first-order valence-corrected chi connectivity index (χ1v) is 12.1. The fourth-order valence-corrected chi connectivity index (χ4v) is 5.38. The van der Waals surface area contributed by atoms with Crippen LogP contribution in [0.2, 0.25) is 0 Å². The molecule has 2 nitrogen and oxygen atoms in total. The van der Waals surface area contributed by atoms with E-state index in [9.17, 15) is 4.79 Å². The Kier molecular flexibility index (Phi) is 7.86. The summed E-state index contributed by atoms with van der Waals surface area (Å²) in [5, 5.41) is 0. The normalized spacial score (nSPS) is 24.8. The molecule has 1 aliphatic carbocycles. The third kappa shape index (κ3) is 4.53. The highest BCUT2D eigenvalue weighted by atomic mass is 16.1. The monoisotopic (exact) mass is 405 g/mol. The van der Waals surface area contributed by atoms with Gasteiger partial charge in [0.15, 0.2) is 5.78 Å². The predicted molar refractivity (Wildman–Crippen MR) is 128 cm³/mol. The summed E-state index contributed by atoms with van der Waals surface area (Å²) < 4.78 is 0. The first-order valence-electron chi connectivity index (χ1n) is 12.1. The fourth-order valence-electron chi connectivity index (χ4n) is 5.38. The van der Waals surface area contributed by atoms with Crippen molar-refractivity contribution >= 4 is 11.5 Å². The first-order chi connectivity index (χ1) is 14.5. The Morgan fingerprint density at radius 2 is 1.70 bits per heavy atom. The van der Waals surface area contributed by atoms with Crippen molar-refractivity contribution in [3.63, 3.8) is 0 Å². The van der Waals surface area contributed by atoms with Crippen LogP contribution in [0, 0.1) is 23.7 Å². The maximum absolute atomic E-state index is 13.6. The van der Waals surface area contributed by atoms with E-state index in [2.05, 4.69) is 64.6 Å². The number of allylic oxidation sites excluding steroid dienone is 2. The predicted octanol–water partition coefficient (Wildman–Crippen LogP) is 7.35. The summed E-state index contributed by atoms with van der Waals surface area (Å²) >= 11 is 0.